The third kappa shape index (κ3) is 4.66. The number of rotatable bonds is 6. The molecule has 0 fully saturated rings. The van der Waals surface area contributed by atoms with Gasteiger partial charge in [-0.3, -0.25) is 4.98 Å². The SMILES string of the molecule is Cc1cc(C)n(-c2ccc(CNC(=O)NCCc3cccnc3)cn2)n1. The Balaban J connectivity index is 1.45. The summed E-state index contributed by atoms with van der Waals surface area (Å²) in [5.41, 5.74) is 4.02. The molecule has 0 saturated heterocycles. The van der Waals surface area contributed by atoms with E-state index >= 15 is 0 Å². The first kappa shape index (κ1) is 17.6. The normalized spacial score (nSPS) is 10.5. The van der Waals surface area contributed by atoms with Gasteiger partial charge >= 0.3 is 6.03 Å². The van der Waals surface area contributed by atoms with E-state index in [1.165, 1.54) is 0 Å². The fourth-order valence-electron chi connectivity index (χ4n) is 2.62. The quantitative estimate of drug-likeness (QED) is 0.714. The highest BCUT2D eigenvalue weighted by Crippen LogP contribution is 2.10. The van der Waals surface area contributed by atoms with Crippen molar-refractivity contribution in [2.75, 3.05) is 6.54 Å². The molecule has 0 aliphatic rings. The first-order valence-corrected chi connectivity index (χ1v) is 8.51. The van der Waals surface area contributed by atoms with Gasteiger partial charge in [0.1, 0.15) is 0 Å². The molecule has 0 saturated carbocycles. The number of aromatic nitrogens is 4. The molecule has 0 aliphatic heterocycles. The van der Waals surface area contributed by atoms with E-state index in [-0.39, 0.29) is 6.03 Å². The van der Waals surface area contributed by atoms with Gasteiger partial charge in [-0.25, -0.2) is 14.5 Å². The van der Waals surface area contributed by atoms with Crippen molar-refractivity contribution in [3.8, 4) is 5.82 Å². The van der Waals surface area contributed by atoms with E-state index in [0.29, 0.717) is 13.1 Å². The molecule has 0 spiro atoms. The topological polar surface area (TPSA) is 84.7 Å². The van der Waals surface area contributed by atoms with E-state index in [9.17, 15) is 4.79 Å². The molecule has 2 amide bonds. The number of aryl methyl sites for hydroxylation is 2. The van der Waals surface area contributed by atoms with Gasteiger partial charge in [0.2, 0.25) is 0 Å². The van der Waals surface area contributed by atoms with Crippen molar-refractivity contribution in [2.45, 2.75) is 26.8 Å². The Morgan fingerprint density at radius 3 is 2.65 bits per heavy atom. The van der Waals surface area contributed by atoms with Crippen LogP contribution in [0.1, 0.15) is 22.5 Å². The van der Waals surface area contributed by atoms with Crippen LogP contribution in [0.15, 0.2) is 48.9 Å². The van der Waals surface area contributed by atoms with E-state index in [1.54, 1.807) is 23.3 Å². The average molecular weight is 350 g/mol. The summed E-state index contributed by atoms with van der Waals surface area (Å²) in [6.45, 7) is 4.93. The van der Waals surface area contributed by atoms with Gasteiger partial charge < -0.3 is 10.6 Å². The Morgan fingerprint density at radius 2 is 2.00 bits per heavy atom. The second kappa shape index (κ2) is 8.24. The Morgan fingerprint density at radius 1 is 1.12 bits per heavy atom. The minimum Gasteiger partial charge on any atom is -0.338 e. The van der Waals surface area contributed by atoms with Gasteiger partial charge in [0.25, 0.3) is 0 Å². The van der Waals surface area contributed by atoms with E-state index < -0.39 is 0 Å². The van der Waals surface area contributed by atoms with Gasteiger partial charge in [-0.1, -0.05) is 12.1 Å². The monoisotopic (exact) mass is 350 g/mol. The van der Waals surface area contributed by atoms with Crippen molar-refractivity contribution in [3.05, 3.63) is 71.4 Å². The number of nitrogens with zero attached hydrogens (tertiary/aromatic N) is 4. The lowest BCUT2D eigenvalue weighted by molar-refractivity contribution is 0.240. The van der Waals surface area contributed by atoms with Crippen molar-refractivity contribution in [3.63, 3.8) is 0 Å². The van der Waals surface area contributed by atoms with Crippen molar-refractivity contribution in [2.24, 2.45) is 0 Å². The predicted octanol–water partition coefficient (Wildman–Crippen LogP) is 2.32. The molecule has 7 nitrogen and oxygen atoms in total. The average Bonchev–Trinajstić information content (AvgIpc) is 2.99. The van der Waals surface area contributed by atoms with Gasteiger partial charge in [0, 0.05) is 37.4 Å². The highest BCUT2D eigenvalue weighted by Gasteiger charge is 2.05. The van der Waals surface area contributed by atoms with Crippen LogP contribution in [-0.4, -0.2) is 32.3 Å². The Kier molecular flexibility index (Phi) is 5.58. The van der Waals surface area contributed by atoms with Crippen LogP contribution in [0.5, 0.6) is 0 Å². The van der Waals surface area contributed by atoms with Gasteiger partial charge in [0.15, 0.2) is 5.82 Å². The minimum absolute atomic E-state index is 0.198. The Bertz CT molecular complexity index is 857. The summed E-state index contributed by atoms with van der Waals surface area (Å²) >= 11 is 0. The van der Waals surface area contributed by atoms with Crippen molar-refractivity contribution >= 4 is 6.03 Å². The molecular weight excluding hydrogens is 328 g/mol. The number of pyridine rings is 2. The number of hydrogen-bond donors (Lipinski definition) is 2. The summed E-state index contributed by atoms with van der Waals surface area (Å²) in [5, 5.41) is 10.1. The highest BCUT2D eigenvalue weighted by atomic mass is 16.2. The van der Waals surface area contributed by atoms with Gasteiger partial charge in [0.05, 0.1) is 5.69 Å². The van der Waals surface area contributed by atoms with E-state index in [0.717, 1.165) is 34.8 Å². The van der Waals surface area contributed by atoms with Crippen LogP contribution in [0.25, 0.3) is 5.82 Å². The maximum atomic E-state index is 11.9. The summed E-state index contributed by atoms with van der Waals surface area (Å²) in [6, 6.07) is 9.52. The lowest BCUT2D eigenvalue weighted by atomic mass is 10.2. The van der Waals surface area contributed by atoms with E-state index in [4.69, 9.17) is 0 Å². The number of urea groups is 1. The maximum Gasteiger partial charge on any atom is 0.315 e. The zero-order chi connectivity index (χ0) is 18.4. The first-order valence-electron chi connectivity index (χ1n) is 8.51. The fraction of sp³-hybridized carbons (Fsp3) is 0.263. The lowest BCUT2D eigenvalue weighted by Gasteiger charge is -2.08. The largest absolute Gasteiger partial charge is 0.338 e. The number of amides is 2. The second-order valence-corrected chi connectivity index (χ2v) is 6.08. The van der Waals surface area contributed by atoms with Crippen LogP contribution in [-0.2, 0) is 13.0 Å². The minimum atomic E-state index is -0.198. The van der Waals surface area contributed by atoms with Gasteiger partial charge in [-0.05, 0) is 49.6 Å². The molecule has 0 aromatic carbocycles. The van der Waals surface area contributed by atoms with Crippen molar-refractivity contribution in [1.82, 2.24) is 30.4 Å². The summed E-state index contributed by atoms with van der Waals surface area (Å²) in [6.07, 6.45) is 6.04. The summed E-state index contributed by atoms with van der Waals surface area (Å²) in [5.74, 6) is 0.764. The number of carbonyl (C=O) groups is 1. The van der Waals surface area contributed by atoms with Crippen LogP contribution in [0.4, 0.5) is 4.79 Å². The van der Waals surface area contributed by atoms with Crippen LogP contribution in [0.3, 0.4) is 0 Å². The van der Waals surface area contributed by atoms with Crippen molar-refractivity contribution in [1.29, 1.82) is 0 Å². The highest BCUT2D eigenvalue weighted by molar-refractivity contribution is 5.73. The summed E-state index contributed by atoms with van der Waals surface area (Å²) < 4.78 is 1.80. The molecule has 0 radical (unpaired) electrons. The van der Waals surface area contributed by atoms with Crippen LogP contribution >= 0.6 is 0 Å². The molecule has 2 N–H and O–H groups in total. The molecule has 0 unspecified atom stereocenters. The number of hydrogen-bond acceptors (Lipinski definition) is 4. The molecule has 26 heavy (non-hydrogen) atoms. The molecular formula is C19H22N6O. The standard InChI is InChI=1S/C19H22N6O/c1-14-10-15(2)25(24-14)18-6-5-17(12-22-18)13-23-19(26)21-9-7-16-4-3-8-20-11-16/h3-6,8,10-12H,7,9,13H2,1-2H3,(H2,21,23,26). The molecule has 3 rings (SSSR count). The number of carbonyl (C=O) groups excluding carboxylic acids is 1. The first-order chi connectivity index (χ1) is 12.6. The Hall–Kier alpha value is -3.22. The molecule has 0 atom stereocenters. The molecule has 0 bridgehead atoms. The third-order valence-electron chi connectivity index (χ3n) is 3.91. The molecule has 3 heterocycles. The van der Waals surface area contributed by atoms with Crippen LogP contribution in [0, 0.1) is 13.8 Å². The smallest absolute Gasteiger partial charge is 0.315 e. The molecule has 7 heteroatoms. The van der Waals surface area contributed by atoms with Gasteiger partial charge in [-0.15, -0.1) is 0 Å². The zero-order valence-electron chi connectivity index (χ0n) is 14.9. The predicted molar refractivity (Wildman–Crippen MR) is 99.0 cm³/mol. The van der Waals surface area contributed by atoms with Gasteiger partial charge in [-0.2, -0.15) is 5.10 Å². The Labute approximate surface area is 152 Å². The fourth-order valence-corrected chi connectivity index (χ4v) is 2.62. The molecule has 3 aromatic rings. The molecule has 3 aromatic heterocycles. The maximum absolute atomic E-state index is 11.9. The summed E-state index contributed by atoms with van der Waals surface area (Å²) in [7, 11) is 0. The number of nitrogens with one attached hydrogen (secondary N) is 2. The summed E-state index contributed by atoms with van der Waals surface area (Å²) in [4.78, 5) is 20.3. The van der Waals surface area contributed by atoms with Crippen LogP contribution in [0.2, 0.25) is 0 Å². The third-order valence-corrected chi connectivity index (χ3v) is 3.91. The lowest BCUT2D eigenvalue weighted by Crippen LogP contribution is -2.36. The zero-order valence-corrected chi connectivity index (χ0v) is 14.9. The van der Waals surface area contributed by atoms with E-state index in [1.807, 2.05) is 44.2 Å². The van der Waals surface area contributed by atoms with E-state index in [2.05, 4.69) is 25.7 Å². The second-order valence-electron chi connectivity index (χ2n) is 6.08. The molecule has 0 aliphatic carbocycles. The molecule has 134 valence electrons. The van der Waals surface area contributed by atoms with Crippen LogP contribution < -0.4 is 10.6 Å². The van der Waals surface area contributed by atoms with Crippen molar-refractivity contribution < 1.29 is 4.79 Å².